The first-order valence-electron chi connectivity index (χ1n) is 7.25. The molecule has 0 radical (unpaired) electrons. The minimum absolute atomic E-state index is 0.00638. The zero-order chi connectivity index (χ0) is 15.0. The van der Waals surface area contributed by atoms with E-state index in [0.29, 0.717) is 38.4 Å². The highest BCUT2D eigenvalue weighted by Crippen LogP contribution is 2.19. The molecular weight excluding hydrogens is 282 g/mol. The Bertz CT molecular complexity index is 390. The van der Waals surface area contributed by atoms with Crippen LogP contribution >= 0.6 is 0 Å². The molecule has 0 aromatic carbocycles. The summed E-state index contributed by atoms with van der Waals surface area (Å²) in [7, 11) is -3.53. The Balaban J connectivity index is 2.43. The van der Waals surface area contributed by atoms with E-state index in [4.69, 9.17) is 9.84 Å². The quantitative estimate of drug-likeness (QED) is 0.671. The number of nitrogens with one attached hydrogen (secondary N) is 1. The van der Waals surface area contributed by atoms with Gasteiger partial charge < -0.3 is 9.84 Å². The van der Waals surface area contributed by atoms with Gasteiger partial charge in [-0.3, -0.25) is 4.79 Å². The molecule has 0 aromatic heterocycles. The Labute approximate surface area is 120 Å². The molecule has 1 atom stereocenters. The molecule has 0 bridgehead atoms. The van der Waals surface area contributed by atoms with Gasteiger partial charge in [0, 0.05) is 13.2 Å². The first kappa shape index (κ1) is 17.4. The number of carboxylic acids is 1. The van der Waals surface area contributed by atoms with Crippen molar-refractivity contribution in [2.45, 2.75) is 51.5 Å². The lowest BCUT2D eigenvalue weighted by atomic mass is 9.98. The van der Waals surface area contributed by atoms with Gasteiger partial charge in [-0.2, -0.15) is 0 Å². The molecule has 0 aliphatic carbocycles. The lowest BCUT2D eigenvalue weighted by Gasteiger charge is -2.22. The van der Waals surface area contributed by atoms with Crippen molar-refractivity contribution >= 4 is 16.0 Å². The summed E-state index contributed by atoms with van der Waals surface area (Å²) in [6.07, 6.45) is 4.20. The van der Waals surface area contributed by atoms with E-state index in [1.165, 1.54) is 0 Å². The zero-order valence-electron chi connectivity index (χ0n) is 12.0. The molecular formula is C13H25NO5S. The molecule has 0 unspecified atom stereocenters. The van der Waals surface area contributed by atoms with E-state index in [-0.39, 0.29) is 5.75 Å². The Morgan fingerprint density at radius 3 is 2.60 bits per heavy atom. The second kappa shape index (κ2) is 8.59. The lowest BCUT2D eigenvalue weighted by Crippen LogP contribution is -2.42. The topological polar surface area (TPSA) is 92.7 Å². The van der Waals surface area contributed by atoms with Crippen LogP contribution in [0.2, 0.25) is 0 Å². The van der Waals surface area contributed by atoms with Crippen LogP contribution < -0.4 is 4.72 Å². The lowest BCUT2D eigenvalue weighted by molar-refractivity contribution is -0.139. The maximum atomic E-state index is 11.9. The predicted molar refractivity (Wildman–Crippen MR) is 76.0 cm³/mol. The third kappa shape index (κ3) is 6.67. The molecule has 1 heterocycles. The number of carbonyl (C=O) groups is 1. The van der Waals surface area contributed by atoms with Crippen LogP contribution in [-0.2, 0) is 19.6 Å². The normalized spacial score (nSPS) is 18.9. The number of aliphatic carboxylic acids is 1. The molecule has 1 saturated heterocycles. The number of carboxylic acid groups (broad SMARTS) is 1. The van der Waals surface area contributed by atoms with Crippen LogP contribution in [-0.4, -0.2) is 44.5 Å². The first-order chi connectivity index (χ1) is 9.44. The molecule has 20 heavy (non-hydrogen) atoms. The van der Waals surface area contributed by atoms with Gasteiger partial charge in [-0.1, -0.05) is 19.8 Å². The molecule has 1 fully saturated rings. The van der Waals surface area contributed by atoms with Gasteiger partial charge in [0.1, 0.15) is 6.04 Å². The fourth-order valence-corrected chi connectivity index (χ4v) is 3.69. The van der Waals surface area contributed by atoms with Gasteiger partial charge in [0.15, 0.2) is 0 Å². The fraction of sp³-hybridized carbons (Fsp3) is 0.923. The average molecular weight is 307 g/mol. The van der Waals surface area contributed by atoms with Gasteiger partial charge in [0.2, 0.25) is 10.0 Å². The van der Waals surface area contributed by atoms with Crippen LogP contribution in [0.1, 0.15) is 45.4 Å². The van der Waals surface area contributed by atoms with Gasteiger partial charge in [-0.15, -0.1) is 0 Å². The van der Waals surface area contributed by atoms with Crippen molar-refractivity contribution in [1.82, 2.24) is 4.72 Å². The number of unbranched alkanes of at least 4 members (excludes halogenated alkanes) is 1. The summed E-state index contributed by atoms with van der Waals surface area (Å²) < 4.78 is 31.4. The molecule has 1 rings (SSSR count). The summed E-state index contributed by atoms with van der Waals surface area (Å²) in [6, 6.07) is -1.00. The molecule has 118 valence electrons. The van der Waals surface area contributed by atoms with Crippen molar-refractivity contribution in [3.8, 4) is 0 Å². The van der Waals surface area contributed by atoms with E-state index in [9.17, 15) is 13.2 Å². The van der Waals surface area contributed by atoms with Crippen molar-refractivity contribution in [2.75, 3.05) is 19.0 Å². The summed E-state index contributed by atoms with van der Waals surface area (Å²) in [4.78, 5) is 11.0. The third-order valence-corrected chi connectivity index (χ3v) is 5.02. The second-order valence-electron chi connectivity index (χ2n) is 5.31. The van der Waals surface area contributed by atoms with Crippen LogP contribution in [0, 0.1) is 5.92 Å². The van der Waals surface area contributed by atoms with Crippen LogP contribution in [0.15, 0.2) is 0 Å². The standard InChI is InChI=1S/C13H25NO5S/c1-2-3-4-12(13(15)16)14-20(17,18)10-7-11-5-8-19-9-6-11/h11-12,14H,2-10H2,1H3,(H,15,16)/t12-/m0/s1. The van der Waals surface area contributed by atoms with E-state index in [2.05, 4.69) is 4.72 Å². The molecule has 6 nitrogen and oxygen atoms in total. The molecule has 0 aromatic rings. The first-order valence-corrected chi connectivity index (χ1v) is 8.90. The highest BCUT2D eigenvalue weighted by molar-refractivity contribution is 7.89. The number of hydrogen-bond acceptors (Lipinski definition) is 4. The van der Waals surface area contributed by atoms with Crippen LogP contribution in [0.25, 0.3) is 0 Å². The SMILES string of the molecule is CCCC[C@H](NS(=O)(=O)CCC1CCOCC1)C(=O)O. The van der Waals surface area contributed by atoms with Crippen molar-refractivity contribution in [1.29, 1.82) is 0 Å². The highest BCUT2D eigenvalue weighted by atomic mass is 32.2. The van der Waals surface area contributed by atoms with Crippen LogP contribution in [0.5, 0.6) is 0 Å². The van der Waals surface area contributed by atoms with Gasteiger partial charge in [-0.05, 0) is 31.6 Å². The minimum atomic E-state index is -3.53. The monoisotopic (exact) mass is 307 g/mol. The number of hydrogen-bond donors (Lipinski definition) is 2. The van der Waals surface area contributed by atoms with Gasteiger partial charge in [-0.25, -0.2) is 13.1 Å². The molecule has 7 heteroatoms. The average Bonchev–Trinajstić information content (AvgIpc) is 2.42. The van der Waals surface area contributed by atoms with Crippen molar-refractivity contribution in [2.24, 2.45) is 5.92 Å². The molecule has 0 amide bonds. The Kier molecular flexibility index (Phi) is 7.47. The van der Waals surface area contributed by atoms with Gasteiger partial charge in [0.05, 0.1) is 5.75 Å². The number of sulfonamides is 1. The predicted octanol–water partition coefficient (Wildman–Crippen LogP) is 1.37. The molecule has 0 saturated carbocycles. The van der Waals surface area contributed by atoms with Crippen molar-refractivity contribution in [3.05, 3.63) is 0 Å². The fourth-order valence-electron chi connectivity index (χ4n) is 2.27. The van der Waals surface area contributed by atoms with Crippen molar-refractivity contribution in [3.63, 3.8) is 0 Å². The zero-order valence-corrected chi connectivity index (χ0v) is 12.8. The van der Waals surface area contributed by atoms with Crippen LogP contribution in [0.3, 0.4) is 0 Å². The van der Waals surface area contributed by atoms with E-state index < -0.39 is 22.0 Å². The summed E-state index contributed by atoms with van der Waals surface area (Å²) in [6.45, 7) is 3.32. The molecule has 2 N–H and O–H groups in total. The van der Waals surface area contributed by atoms with E-state index in [1.54, 1.807) is 0 Å². The Hall–Kier alpha value is -0.660. The molecule has 1 aliphatic heterocycles. The summed E-state index contributed by atoms with van der Waals surface area (Å²) in [5.41, 5.74) is 0. The van der Waals surface area contributed by atoms with Gasteiger partial charge >= 0.3 is 5.97 Å². The van der Waals surface area contributed by atoms with Crippen LogP contribution in [0.4, 0.5) is 0 Å². The number of ether oxygens (including phenoxy) is 1. The third-order valence-electron chi connectivity index (χ3n) is 3.60. The van der Waals surface area contributed by atoms with E-state index >= 15 is 0 Å². The second-order valence-corrected chi connectivity index (χ2v) is 7.19. The van der Waals surface area contributed by atoms with Gasteiger partial charge in [0.25, 0.3) is 0 Å². The summed E-state index contributed by atoms with van der Waals surface area (Å²) in [5, 5.41) is 9.04. The summed E-state index contributed by atoms with van der Waals surface area (Å²) in [5.74, 6) is -0.750. The smallest absolute Gasteiger partial charge is 0.321 e. The Morgan fingerprint density at radius 1 is 1.40 bits per heavy atom. The van der Waals surface area contributed by atoms with Crippen molar-refractivity contribution < 1.29 is 23.1 Å². The minimum Gasteiger partial charge on any atom is -0.480 e. The highest BCUT2D eigenvalue weighted by Gasteiger charge is 2.24. The molecule has 1 aliphatic rings. The maximum absolute atomic E-state index is 11.9. The number of rotatable bonds is 9. The maximum Gasteiger partial charge on any atom is 0.321 e. The Morgan fingerprint density at radius 2 is 2.05 bits per heavy atom. The van der Waals surface area contributed by atoms with E-state index in [0.717, 1.165) is 19.3 Å². The van der Waals surface area contributed by atoms with E-state index in [1.807, 2.05) is 6.92 Å². The summed E-state index contributed by atoms with van der Waals surface area (Å²) >= 11 is 0. The largest absolute Gasteiger partial charge is 0.480 e. The molecule has 0 spiro atoms.